The molecule has 0 unspecified atom stereocenters. The van der Waals surface area contributed by atoms with E-state index in [0.29, 0.717) is 5.82 Å². The van der Waals surface area contributed by atoms with E-state index in [1.54, 1.807) is 6.26 Å². The summed E-state index contributed by atoms with van der Waals surface area (Å²) in [4.78, 5) is 13.1. The van der Waals surface area contributed by atoms with E-state index >= 15 is 0 Å². The van der Waals surface area contributed by atoms with E-state index in [1.807, 2.05) is 29.7 Å². The molecule has 0 atom stereocenters. The first-order valence-electron chi connectivity index (χ1n) is 7.43. The van der Waals surface area contributed by atoms with Gasteiger partial charge in [0.25, 0.3) is 0 Å². The maximum absolute atomic E-state index is 5.38. The van der Waals surface area contributed by atoms with Gasteiger partial charge in [-0.25, -0.2) is 9.97 Å². The molecule has 4 heterocycles. The van der Waals surface area contributed by atoms with Crippen LogP contribution in [0.1, 0.15) is 21.7 Å². The third kappa shape index (κ3) is 2.58. The Morgan fingerprint density at radius 1 is 1.36 bits per heavy atom. The first-order chi connectivity index (χ1) is 10.8. The lowest BCUT2D eigenvalue weighted by molar-refractivity contribution is 0.244. The first kappa shape index (κ1) is 13.7. The van der Waals surface area contributed by atoms with Gasteiger partial charge in [-0.2, -0.15) is 0 Å². The van der Waals surface area contributed by atoms with E-state index in [1.165, 1.54) is 16.0 Å². The third-order valence-corrected chi connectivity index (χ3v) is 5.10. The first-order valence-corrected chi connectivity index (χ1v) is 8.31. The van der Waals surface area contributed by atoms with Crippen molar-refractivity contribution in [2.45, 2.75) is 26.4 Å². The van der Waals surface area contributed by atoms with Gasteiger partial charge in [0.1, 0.15) is 0 Å². The molecule has 0 N–H and O–H groups in total. The molecule has 112 valence electrons. The van der Waals surface area contributed by atoms with Crippen molar-refractivity contribution in [3.8, 4) is 11.6 Å². The van der Waals surface area contributed by atoms with E-state index in [9.17, 15) is 0 Å². The largest absolute Gasteiger partial charge is 0.461 e. The molecule has 0 radical (unpaired) electrons. The number of hydrogen-bond donors (Lipinski definition) is 0. The molecule has 0 aromatic carbocycles. The minimum atomic E-state index is 0.686. The fraction of sp³-hybridized carbons (Fsp3) is 0.294. The molecule has 0 aliphatic carbocycles. The van der Waals surface area contributed by atoms with Gasteiger partial charge in [0.05, 0.1) is 12.0 Å². The fourth-order valence-electron chi connectivity index (χ4n) is 2.80. The molecule has 4 nitrogen and oxygen atoms in total. The van der Waals surface area contributed by atoms with E-state index in [2.05, 4.69) is 33.2 Å². The summed E-state index contributed by atoms with van der Waals surface area (Å²) in [6.07, 6.45) is 4.58. The van der Waals surface area contributed by atoms with Gasteiger partial charge in [0.15, 0.2) is 11.6 Å². The van der Waals surface area contributed by atoms with Crippen LogP contribution >= 0.6 is 11.3 Å². The predicted octanol–water partition coefficient (Wildman–Crippen LogP) is 3.66. The molecule has 0 bridgehead atoms. The highest BCUT2D eigenvalue weighted by molar-refractivity contribution is 7.10. The molecule has 0 saturated heterocycles. The Morgan fingerprint density at radius 3 is 3.09 bits per heavy atom. The van der Waals surface area contributed by atoms with Crippen molar-refractivity contribution < 1.29 is 4.42 Å². The maximum Gasteiger partial charge on any atom is 0.195 e. The number of aromatic nitrogens is 2. The van der Waals surface area contributed by atoms with Gasteiger partial charge in [-0.3, -0.25) is 4.90 Å². The number of hydrogen-bond acceptors (Lipinski definition) is 5. The molecule has 1 aliphatic rings. The Kier molecular flexibility index (Phi) is 3.52. The second-order valence-corrected chi connectivity index (χ2v) is 6.63. The van der Waals surface area contributed by atoms with Gasteiger partial charge < -0.3 is 4.42 Å². The zero-order chi connectivity index (χ0) is 14.9. The van der Waals surface area contributed by atoms with Gasteiger partial charge in [-0.1, -0.05) is 0 Å². The topological polar surface area (TPSA) is 42.2 Å². The molecular weight excluding hydrogens is 294 g/mol. The van der Waals surface area contributed by atoms with Crippen LogP contribution in [0.15, 0.2) is 40.5 Å². The highest BCUT2D eigenvalue weighted by Crippen LogP contribution is 2.24. The maximum atomic E-state index is 5.38. The highest BCUT2D eigenvalue weighted by atomic mass is 32.1. The van der Waals surface area contributed by atoms with Crippen molar-refractivity contribution in [3.05, 3.63) is 57.7 Å². The van der Waals surface area contributed by atoms with Crippen LogP contribution in [0.5, 0.6) is 0 Å². The van der Waals surface area contributed by atoms with Crippen molar-refractivity contribution in [2.75, 3.05) is 6.54 Å². The third-order valence-electron chi connectivity index (χ3n) is 4.09. The molecule has 5 heteroatoms. The Hall–Kier alpha value is -1.98. The monoisotopic (exact) mass is 311 g/mol. The lowest BCUT2D eigenvalue weighted by Crippen LogP contribution is -2.30. The summed E-state index contributed by atoms with van der Waals surface area (Å²) in [5, 5.41) is 2.17. The van der Waals surface area contributed by atoms with Crippen molar-refractivity contribution in [1.29, 1.82) is 0 Å². The normalized spacial score (nSPS) is 15.0. The Balaban J connectivity index is 1.53. The van der Waals surface area contributed by atoms with Crippen LogP contribution in [0.3, 0.4) is 0 Å². The minimum Gasteiger partial charge on any atom is -0.461 e. The lowest BCUT2D eigenvalue weighted by Gasteiger charge is -2.27. The van der Waals surface area contributed by atoms with E-state index in [-0.39, 0.29) is 0 Å². The van der Waals surface area contributed by atoms with E-state index in [0.717, 1.165) is 37.5 Å². The fourth-order valence-corrected chi connectivity index (χ4v) is 3.75. The molecule has 0 amide bonds. The van der Waals surface area contributed by atoms with Crippen molar-refractivity contribution in [2.24, 2.45) is 0 Å². The standard InChI is InChI=1S/C17H17N3OS/c1-12-5-8-22-16(12)11-20-6-4-14-13(10-20)9-18-17(19-14)15-3-2-7-21-15/h2-3,5,7-9H,4,6,10-11H2,1H3. The van der Waals surface area contributed by atoms with Gasteiger partial charge in [-0.15, -0.1) is 11.3 Å². The molecule has 3 aromatic rings. The smallest absolute Gasteiger partial charge is 0.195 e. The van der Waals surface area contributed by atoms with E-state index < -0.39 is 0 Å². The molecule has 0 fully saturated rings. The van der Waals surface area contributed by atoms with E-state index in [4.69, 9.17) is 4.42 Å². The van der Waals surface area contributed by atoms with Gasteiger partial charge in [0.2, 0.25) is 0 Å². The number of furan rings is 1. The zero-order valence-electron chi connectivity index (χ0n) is 12.5. The van der Waals surface area contributed by atoms with Gasteiger partial charge in [0, 0.05) is 42.7 Å². The van der Waals surface area contributed by atoms with Crippen LogP contribution in [0.25, 0.3) is 11.6 Å². The number of thiophene rings is 1. The summed E-state index contributed by atoms with van der Waals surface area (Å²) in [7, 11) is 0. The molecule has 4 rings (SSSR count). The van der Waals surface area contributed by atoms with Crippen LogP contribution in [0, 0.1) is 6.92 Å². The number of fused-ring (bicyclic) bond motifs is 1. The summed E-state index contributed by atoms with van der Waals surface area (Å²) < 4.78 is 5.38. The Morgan fingerprint density at radius 2 is 2.32 bits per heavy atom. The van der Waals surface area contributed by atoms with Gasteiger partial charge >= 0.3 is 0 Å². The van der Waals surface area contributed by atoms with Gasteiger partial charge in [-0.05, 0) is 36.1 Å². The Bertz CT molecular complexity index is 779. The number of aryl methyl sites for hydroxylation is 1. The average Bonchev–Trinajstić information content (AvgIpc) is 3.19. The van der Waals surface area contributed by atoms with Crippen molar-refractivity contribution in [1.82, 2.24) is 14.9 Å². The number of rotatable bonds is 3. The van der Waals surface area contributed by atoms with Crippen LogP contribution in [-0.4, -0.2) is 21.4 Å². The number of nitrogens with zero attached hydrogens (tertiary/aromatic N) is 3. The summed E-state index contributed by atoms with van der Waals surface area (Å²) >= 11 is 1.84. The second kappa shape index (κ2) is 5.66. The summed E-state index contributed by atoms with van der Waals surface area (Å²) in [6, 6.07) is 5.95. The summed E-state index contributed by atoms with van der Waals surface area (Å²) in [6.45, 7) is 5.16. The molecule has 3 aromatic heterocycles. The zero-order valence-corrected chi connectivity index (χ0v) is 13.3. The second-order valence-electron chi connectivity index (χ2n) is 5.63. The molecule has 0 spiro atoms. The molecule has 1 aliphatic heterocycles. The van der Waals surface area contributed by atoms with Crippen molar-refractivity contribution >= 4 is 11.3 Å². The quantitative estimate of drug-likeness (QED) is 0.740. The molecule has 0 saturated carbocycles. The summed E-state index contributed by atoms with van der Waals surface area (Å²) in [5.41, 5.74) is 3.77. The minimum absolute atomic E-state index is 0.686. The highest BCUT2D eigenvalue weighted by Gasteiger charge is 2.20. The predicted molar refractivity (Wildman–Crippen MR) is 86.6 cm³/mol. The molecular formula is C17H17N3OS. The summed E-state index contributed by atoms with van der Waals surface area (Å²) in [5.74, 6) is 1.42. The molecule has 22 heavy (non-hydrogen) atoms. The average molecular weight is 311 g/mol. The van der Waals surface area contributed by atoms with Crippen LogP contribution < -0.4 is 0 Å². The lowest BCUT2D eigenvalue weighted by atomic mass is 10.1. The van der Waals surface area contributed by atoms with Crippen LogP contribution in [0.2, 0.25) is 0 Å². The van der Waals surface area contributed by atoms with Crippen LogP contribution in [-0.2, 0) is 19.5 Å². The Labute approximate surface area is 133 Å². The van der Waals surface area contributed by atoms with Crippen LogP contribution in [0.4, 0.5) is 0 Å². The van der Waals surface area contributed by atoms with Crippen molar-refractivity contribution in [3.63, 3.8) is 0 Å². The SMILES string of the molecule is Cc1ccsc1CN1CCc2nc(-c3ccco3)ncc2C1.